The van der Waals surface area contributed by atoms with Crippen LogP contribution < -0.4 is 21.8 Å². The van der Waals surface area contributed by atoms with Gasteiger partial charge in [-0.1, -0.05) is 43.3 Å². The molecule has 0 radical (unpaired) electrons. The Kier molecular flexibility index (Phi) is 9.88. The van der Waals surface area contributed by atoms with Gasteiger partial charge in [0.25, 0.3) is 0 Å². The quantitative estimate of drug-likeness (QED) is 0.190. The number of anilines is 1. The molecule has 5 N–H and O–H groups in total. The Bertz CT molecular complexity index is 958. The van der Waals surface area contributed by atoms with E-state index in [0.29, 0.717) is 5.69 Å². The van der Waals surface area contributed by atoms with Crippen LogP contribution in [0.15, 0.2) is 53.6 Å². The van der Waals surface area contributed by atoms with Gasteiger partial charge in [0.15, 0.2) is 0 Å². The first-order valence-corrected chi connectivity index (χ1v) is 10.8. The number of urea groups is 1. The number of nitrogens with one attached hydrogen (secondary N) is 3. The molecule has 0 aliphatic carbocycles. The number of hydrazone groups is 1. The van der Waals surface area contributed by atoms with Crippen molar-refractivity contribution in [2.45, 2.75) is 39.2 Å². The van der Waals surface area contributed by atoms with Crippen LogP contribution in [0.1, 0.15) is 43.4 Å². The van der Waals surface area contributed by atoms with Crippen LogP contribution in [0.3, 0.4) is 0 Å². The summed E-state index contributed by atoms with van der Waals surface area (Å²) < 4.78 is 4.96. The van der Waals surface area contributed by atoms with Crippen molar-refractivity contribution in [3.63, 3.8) is 0 Å². The molecule has 9 nitrogen and oxygen atoms in total. The number of carbonyl (C=O) groups excluding carboxylic acids is 3. The monoisotopic (exact) mass is 453 g/mol. The molecule has 33 heavy (non-hydrogen) atoms. The minimum absolute atomic E-state index is 0.0383. The molecular formula is C24H31N5O4. The van der Waals surface area contributed by atoms with Crippen LogP contribution in [-0.4, -0.2) is 43.3 Å². The van der Waals surface area contributed by atoms with Gasteiger partial charge in [-0.05, 0) is 49.1 Å². The van der Waals surface area contributed by atoms with E-state index in [1.165, 1.54) is 6.21 Å². The molecule has 2 unspecified atom stereocenters. The van der Waals surface area contributed by atoms with Gasteiger partial charge >= 0.3 is 12.0 Å². The summed E-state index contributed by atoms with van der Waals surface area (Å²) in [6.45, 7) is 5.57. The maximum absolute atomic E-state index is 13.0. The molecule has 3 amide bonds. The number of amides is 3. The topological polar surface area (TPSA) is 135 Å². The van der Waals surface area contributed by atoms with Crippen molar-refractivity contribution in [1.82, 2.24) is 10.6 Å². The fraction of sp³-hybridized carbons (Fsp3) is 0.333. The van der Waals surface area contributed by atoms with Crippen LogP contribution in [0.5, 0.6) is 0 Å². The SMILES string of the molecule is CCOC(=O)C(C)NC(=O)C(CNC(=O)Nc1ccc(C=NN)cc1)c1ccc(CC)cc1. The predicted octanol–water partition coefficient (Wildman–Crippen LogP) is 2.51. The third-order valence-corrected chi connectivity index (χ3v) is 4.96. The maximum atomic E-state index is 13.0. The molecular weight excluding hydrogens is 422 g/mol. The second-order valence-corrected chi connectivity index (χ2v) is 7.37. The minimum Gasteiger partial charge on any atom is -0.464 e. The smallest absolute Gasteiger partial charge is 0.328 e. The van der Waals surface area contributed by atoms with Crippen LogP contribution in [-0.2, 0) is 20.7 Å². The van der Waals surface area contributed by atoms with Crippen molar-refractivity contribution in [3.05, 3.63) is 65.2 Å². The van der Waals surface area contributed by atoms with Gasteiger partial charge in [0, 0.05) is 12.2 Å². The van der Waals surface area contributed by atoms with Crippen molar-refractivity contribution in [2.75, 3.05) is 18.5 Å². The Morgan fingerprint density at radius 3 is 2.30 bits per heavy atom. The van der Waals surface area contributed by atoms with E-state index >= 15 is 0 Å². The first-order chi connectivity index (χ1) is 15.9. The minimum atomic E-state index is -0.806. The number of aryl methyl sites for hydroxylation is 1. The molecule has 0 heterocycles. The van der Waals surface area contributed by atoms with E-state index < -0.39 is 24.0 Å². The lowest BCUT2D eigenvalue weighted by atomic mass is 9.96. The highest BCUT2D eigenvalue weighted by molar-refractivity contribution is 5.92. The fourth-order valence-electron chi connectivity index (χ4n) is 3.10. The van der Waals surface area contributed by atoms with Crippen LogP contribution in [0.25, 0.3) is 0 Å². The number of ether oxygens (including phenoxy) is 1. The number of hydrogen-bond acceptors (Lipinski definition) is 6. The number of nitrogens with two attached hydrogens (primary N) is 1. The summed E-state index contributed by atoms with van der Waals surface area (Å²) in [5.74, 6) is 3.54. The zero-order chi connectivity index (χ0) is 24.2. The second kappa shape index (κ2) is 12.8. The first-order valence-electron chi connectivity index (χ1n) is 10.8. The van der Waals surface area contributed by atoms with E-state index in [2.05, 4.69) is 21.1 Å². The third-order valence-electron chi connectivity index (χ3n) is 4.96. The maximum Gasteiger partial charge on any atom is 0.328 e. The molecule has 0 fully saturated rings. The summed E-state index contributed by atoms with van der Waals surface area (Å²) in [5.41, 5.74) is 3.23. The van der Waals surface area contributed by atoms with Crippen molar-refractivity contribution >= 4 is 29.8 Å². The molecule has 2 aromatic rings. The van der Waals surface area contributed by atoms with E-state index in [-0.39, 0.29) is 19.1 Å². The fourth-order valence-corrected chi connectivity index (χ4v) is 3.10. The summed E-state index contributed by atoms with van der Waals surface area (Å²) in [4.78, 5) is 37.3. The molecule has 2 rings (SSSR count). The lowest BCUT2D eigenvalue weighted by Crippen LogP contribution is -2.45. The number of carbonyl (C=O) groups is 3. The van der Waals surface area contributed by atoms with Crippen molar-refractivity contribution < 1.29 is 19.1 Å². The zero-order valence-corrected chi connectivity index (χ0v) is 19.1. The lowest BCUT2D eigenvalue weighted by molar-refractivity contribution is -0.147. The van der Waals surface area contributed by atoms with Crippen molar-refractivity contribution in [1.29, 1.82) is 0 Å². The number of benzene rings is 2. The highest BCUT2D eigenvalue weighted by Crippen LogP contribution is 2.18. The Hall–Kier alpha value is -3.88. The number of hydrogen-bond donors (Lipinski definition) is 4. The van der Waals surface area contributed by atoms with Crippen LogP contribution >= 0.6 is 0 Å². The van der Waals surface area contributed by atoms with Crippen LogP contribution in [0, 0.1) is 0 Å². The molecule has 0 saturated heterocycles. The molecule has 176 valence electrons. The second-order valence-electron chi connectivity index (χ2n) is 7.37. The van der Waals surface area contributed by atoms with Gasteiger partial charge < -0.3 is 26.5 Å². The van der Waals surface area contributed by atoms with Gasteiger partial charge in [0.2, 0.25) is 5.91 Å². The van der Waals surface area contributed by atoms with E-state index in [1.54, 1.807) is 38.1 Å². The van der Waals surface area contributed by atoms with Crippen LogP contribution in [0.4, 0.5) is 10.5 Å². The molecule has 9 heteroatoms. The molecule has 0 aliphatic rings. The molecule has 0 spiro atoms. The Balaban J connectivity index is 2.08. The van der Waals surface area contributed by atoms with E-state index in [4.69, 9.17) is 10.6 Å². The standard InChI is InChI=1S/C24H31N5O4/c1-4-17-6-10-19(11-7-17)21(22(30)28-16(3)23(31)33-5-2)15-26-24(32)29-20-12-8-18(9-13-20)14-27-25/h6-14,16,21H,4-5,15,25H2,1-3H3,(H,28,30)(H2,26,29,32). The van der Waals surface area contributed by atoms with Crippen molar-refractivity contribution in [2.24, 2.45) is 10.9 Å². The molecule has 0 aromatic heterocycles. The number of esters is 1. The van der Waals surface area contributed by atoms with E-state index in [9.17, 15) is 14.4 Å². The molecule has 0 aliphatic heterocycles. The summed E-state index contributed by atoms with van der Waals surface area (Å²) >= 11 is 0. The van der Waals surface area contributed by atoms with Crippen molar-refractivity contribution in [3.8, 4) is 0 Å². The van der Waals surface area contributed by atoms with E-state index in [1.807, 2.05) is 31.2 Å². The van der Waals surface area contributed by atoms with E-state index in [0.717, 1.165) is 23.1 Å². The van der Waals surface area contributed by atoms with Gasteiger partial charge in [-0.2, -0.15) is 5.10 Å². The summed E-state index contributed by atoms with van der Waals surface area (Å²) in [6.07, 6.45) is 2.36. The predicted molar refractivity (Wildman–Crippen MR) is 128 cm³/mol. The summed E-state index contributed by atoms with van der Waals surface area (Å²) in [5, 5.41) is 11.6. The van der Waals surface area contributed by atoms with Gasteiger partial charge in [-0.15, -0.1) is 0 Å². The normalized spacial score (nSPS) is 12.6. The lowest BCUT2D eigenvalue weighted by Gasteiger charge is -2.21. The summed E-state index contributed by atoms with van der Waals surface area (Å²) in [7, 11) is 0. The Labute approximate surface area is 193 Å². The van der Waals surface area contributed by atoms with Gasteiger partial charge in [0.1, 0.15) is 6.04 Å². The number of nitrogens with zero attached hydrogens (tertiary/aromatic N) is 1. The van der Waals surface area contributed by atoms with Crippen LogP contribution in [0.2, 0.25) is 0 Å². The average molecular weight is 454 g/mol. The molecule has 2 aromatic carbocycles. The van der Waals surface area contributed by atoms with Gasteiger partial charge in [-0.3, -0.25) is 4.79 Å². The molecule has 2 atom stereocenters. The Morgan fingerprint density at radius 2 is 1.73 bits per heavy atom. The average Bonchev–Trinajstić information content (AvgIpc) is 2.81. The molecule has 0 bridgehead atoms. The highest BCUT2D eigenvalue weighted by atomic mass is 16.5. The van der Waals surface area contributed by atoms with Gasteiger partial charge in [-0.25, -0.2) is 9.59 Å². The first kappa shape index (κ1) is 25.4. The molecule has 0 saturated carbocycles. The largest absolute Gasteiger partial charge is 0.464 e. The highest BCUT2D eigenvalue weighted by Gasteiger charge is 2.25. The Morgan fingerprint density at radius 1 is 1.06 bits per heavy atom. The summed E-state index contributed by atoms with van der Waals surface area (Å²) in [6, 6.07) is 13.3. The van der Waals surface area contributed by atoms with Gasteiger partial charge in [0.05, 0.1) is 18.7 Å². The number of rotatable bonds is 10. The third kappa shape index (κ3) is 7.95. The zero-order valence-electron chi connectivity index (χ0n) is 19.1.